The lowest BCUT2D eigenvalue weighted by Gasteiger charge is -2.22. The van der Waals surface area contributed by atoms with E-state index in [4.69, 9.17) is 4.74 Å². The second kappa shape index (κ2) is 11.0. The first-order valence-electron chi connectivity index (χ1n) is 9.54. The molecular formula is C22H29FN4O2. The molecule has 0 heterocycles. The number of ether oxygens (including phenoxy) is 1. The topological polar surface area (TPSA) is 57.2 Å². The number of carbonyl (C=O) groups excluding carboxylic acids is 1. The lowest BCUT2D eigenvalue weighted by molar-refractivity contribution is -0.130. The molecule has 0 aliphatic carbocycles. The predicted octanol–water partition coefficient (Wildman–Crippen LogP) is 2.89. The second-order valence-corrected chi connectivity index (χ2v) is 6.88. The van der Waals surface area contributed by atoms with Crippen LogP contribution in [0.4, 0.5) is 4.39 Å². The van der Waals surface area contributed by atoms with Gasteiger partial charge in [-0.3, -0.25) is 4.79 Å². The van der Waals surface area contributed by atoms with E-state index >= 15 is 0 Å². The molecule has 2 aromatic rings. The molecule has 2 aromatic carbocycles. The number of carbonyl (C=O) groups is 1. The van der Waals surface area contributed by atoms with Crippen molar-refractivity contribution in [2.45, 2.75) is 20.0 Å². The van der Waals surface area contributed by atoms with E-state index in [1.165, 1.54) is 17.0 Å². The number of hydrogen-bond acceptors (Lipinski definition) is 3. The molecule has 6 nitrogen and oxygen atoms in total. The Hall–Kier alpha value is -3.09. The molecule has 0 bridgehead atoms. The molecule has 0 unspecified atom stereocenters. The number of nitrogens with zero attached hydrogens (tertiary/aromatic N) is 3. The summed E-state index contributed by atoms with van der Waals surface area (Å²) in [6.07, 6.45) is 0. The molecule has 156 valence electrons. The van der Waals surface area contributed by atoms with Crippen molar-refractivity contribution < 1.29 is 13.9 Å². The van der Waals surface area contributed by atoms with Crippen LogP contribution >= 0.6 is 0 Å². The van der Waals surface area contributed by atoms with Gasteiger partial charge in [0.1, 0.15) is 11.6 Å². The zero-order chi connectivity index (χ0) is 21.2. The fourth-order valence-electron chi connectivity index (χ4n) is 2.63. The third-order valence-electron chi connectivity index (χ3n) is 4.18. The molecule has 0 aliphatic heterocycles. The van der Waals surface area contributed by atoms with E-state index in [0.717, 1.165) is 23.6 Å². The Morgan fingerprint density at radius 2 is 1.83 bits per heavy atom. The van der Waals surface area contributed by atoms with Gasteiger partial charge < -0.3 is 19.9 Å². The highest BCUT2D eigenvalue weighted by Crippen LogP contribution is 2.14. The highest BCUT2D eigenvalue weighted by Gasteiger charge is 2.08. The van der Waals surface area contributed by atoms with Crippen molar-refractivity contribution in [3.8, 4) is 5.75 Å². The van der Waals surface area contributed by atoms with Gasteiger partial charge in [-0.05, 0) is 42.3 Å². The highest BCUT2D eigenvalue weighted by molar-refractivity contribution is 5.79. The maximum Gasteiger partial charge on any atom is 0.259 e. The van der Waals surface area contributed by atoms with Crippen molar-refractivity contribution in [1.82, 2.24) is 15.1 Å². The van der Waals surface area contributed by atoms with Crippen molar-refractivity contribution in [1.29, 1.82) is 0 Å². The summed E-state index contributed by atoms with van der Waals surface area (Å²) in [6.45, 7) is 3.72. The van der Waals surface area contributed by atoms with Gasteiger partial charge in [0.15, 0.2) is 12.6 Å². The lowest BCUT2D eigenvalue weighted by atomic mass is 10.2. The second-order valence-electron chi connectivity index (χ2n) is 6.88. The van der Waals surface area contributed by atoms with E-state index in [1.807, 2.05) is 49.2 Å². The van der Waals surface area contributed by atoms with Crippen molar-refractivity contribution in [3.63, 3.8) is 0 Å². The van der Waals surface area contributed by atoms with Crippen LogP contribution in [0.2, 0.25) is 0 Å². The van der Waals surface area contributed by atoms with Gasteiger partial charge in [-0.1, -0.05) is 24.3 Å². The van der Waals surface area contributed by atoms with E-state index < -0.39 is 0 Å². The Balaban J connectivity index is 2.03. The predicted molar refractivity (Wildman–Crippen MR) is 113 cm³/mol. The molecular weight excluding hydrogens is 371 g/mol. The summed E-state index contributed by atoms with van der Waals surface area (Å²) in [5, 5.41) is 3.26. The highest BCUT2D eigenvalue weighted by atomic mass is 19.1. The Bertz CT molecular complexity index is 839. The molecule has 0 saturated heterocycles. The van der Waals surface area contributed by atoms with Gasteiger partial charge in [0, 0.05) is 34.2 Å². The number of nitrogens with one attached hydrogen (secondary N) is 1. The fourth-order valence-corrected chi connectivity index (χ4v) is 2.63. The van der Waals surface area contributed by atoms with Crippen LogP contribution in [-0.2, 0) is 17.9 Å². The molecule has 0 fully saturated rings. The van der Waals surface area contributed by atoms with Gasteiger partial charge in [-0.25, -0.2) is 9.38 Å². The van der Waals surface area contributed by atoms with Crippen LogP contribution in [0, 0.1) is 5.82 Å². The summed E-state index contributed by atoms with van der Waals surface area (Å²) in [6, 6.07) is 14.1. The number of rotatable bonds is 8. The van der Waals surface area contributed by atoms with Gasteiger partial charge in [0.2, 0.25) is 0 Å². The quantitative estimate of drug-likeness (QED) is 0.547. The molecule has 29 heavy (non-hydrogen) atoms. The monoisotopic (exact) mass is 400 g/mol. The summed E-state index contributed by atoms with van der Waals surface area (Å²) in [7, 11) is 5.30. The van der Waals surface area contributed by atoms with Crippen LogP contribution in [-0.4, -0.2) is 56.0 Å². The zero-order valence-corrected chi connectivity index (χ0v) is 17.5. The van der Waals surface area contributed by atoms with Crippen LogP contribution < -0.4 is 10.1 Å². The van der Waals surface area contributed by atoms with E-state index in [1.54, 1.807) is 20.2 Å². The van der Waals surface area contributed by atoms with Crippen molar-refractivity contribution in [2.24, 2.45) is 4.99 Å². The first-order chi connectivity index (χ1) is 13.9. The van der Waals surface area contributed by atoms with Gasteiger partial charge in [0.25, 0.3) is 5.91 Å². The average Bonchev–Trinajstić information content (AvgIpc) is 2.69. The standard InChI is InChI=1S/C22H29FN4O2/c1-5-24-22(27(4)15-18-9-6-10-19(23)12-18)25-14-17-8-7-11-20(13-17)29-16-21(28)26(2)3/h6-13H,5,14-16H2,1-4H3,(H,24,25). The van der Waals surface area contributed by atoms with Gasteiger partial charge in [-0.2, -0.15) is 0 Å². The van der Waals surface area contributed by atoms with E-state index in [-0.39, 0.29) is 18.3 Å². The molecule has 7 heteroatoms. The number of aliphatic imine (C=N–C) groups is 1. The smallest absolute Gasteiger partial charge is 0.259 e. The maximum atomic E-state index is 13.4. The zero-order valence-electron chi connectivity index (χ0n) is 17.5. The first kappa shape index (κ1) is 22.2. The molecule has 1 amide bonds. The third-order valence-corrected chi connectivity index (χ3v) is 4.18. The first-order valence-corrected chi connectivity index (χ1v) is 9.54. The molecule has 0 aromatic heterocycles. The summed E-state index contributed by atoms with van der Waals surface area (Å²) < 4.78 is 19.0. The normalized spacial score (nSPS) is 11.1. The minimum Gasteiger partial charge on any atom is -0.484 e. The lowest BCUT2D eigenvalue weighted by Crippen LogP contribution is -2.38. The maximum absolute atomic E-state index is 13.4. The molecule has 0 radical (unpaired) electrons. The Labute approximate surface area is 172 Å². The molecule has 2 rings (SSSR count). The number of amides is 1. The van der Waals surface area contributed by atoms with E-state index in [9.17, 15) is 9.18 Å². The summed E-state index contributed by atoms with van der Waals surface area (Å²) in [5.74, 6) is 1.01. The molecule has 0 spiro atoms. The van der Waals surface area contributed by atoms with E-state index in [0.29, 0.717) is 18.8 Å². The van der Waals surface area contributed by atoms with E-state index in [2.05, 4.69) is 10.3 Å². The number of benzene rings is 2. The largest absolute Gasteiger partial charge is 0.484 e. The van der Waals surface area contributed by atoms with Crippen LogP contribution in [0.15, 0.2) is 53.5 Å². The Morgan fingerprint density at radius 3 is 2.52 bits per heavy atom. The van der Waals surface area contributed by atoms with Crippen LogP contribution in [0.3, 0.4) is 0 Å². The van der Waals surface area contributed by atoms with Gasteiger partial charge in [0.05, 0.1) is 6.54 Å². The summed E-state index contributed by atoms with van der Waals surface area (Å²) in [5.41, 5.74) is 1.84. The van der Waals surface area contributed by atoms with Crippen molar-refractivity contribution in [3.05, 3.63) is 65.5 Å². The SMILES string of the molecule is CCNC(=NCc1cccc(OCC(=O)N(C)C)c1)N(C)Cc1cccc(F)c1. The van der Waals surface area contributed by atoms with Crippen molar-refractivity contribution in [2.75, 3.05) is 34.3 Å². The minimum absolute atomic E-state index is 0.00126. The number of likely N-dealkylation sites (N-methyl/N-ethyl adjacent to an activating group) is 1. The minimum atomic E-state index is -0.248. The molecule has 0 aliphatic rings. The van der Waals surface area contributed by atoms with Crippen LogP contribution in [0.5, 0.6) is 5.75 Å². The summed E-state index contributed by atoms with van der Waals surface area (Å²) in [4.78, 5) is 19.8. The van der Waals surface area contributed by atoms with Crippen molar-refractivity contribution >= 4 is 11.9 Å². The number of guanidine groups is 1. The fraction of sp³-hybridized carbons (Fsp3) is 0.364. The number of halogens is 1. The van der Waals surface area contributed by atoms with Crippen LogP contribution in [0.25, 0.3) is 0 Å². The Kier molecular flexibility index (Phi) is 8.45. The van der Waals surface area contributed by atoms with Crippen LogP contribution in [0.1, 0.15) is 18.1 Å². The third kappa shape index (κ3) is 7.44. The summed E-state index contributed by atoms with van der Waals surface area (Å²) >= 11 is 0. The number of hydrogen-bond donors (Lipinski definition) is 1. The van der Waals surface area contributed by atoms with Gasteiger partial charge in [-0.15, -0.1) is 0 Å². The average molecular weight is 400 g/mol. The molecule has 1 N–H and O–H groups in total. The molecule has 0 atom stereocenters. The Morgan fingerprint density at radius 1 is 1.10 bits per heavy atom. The van der Waals surface area contributed by atoms with Gasteiger partial charge >= 0.3 is 0 Å². The molecule has 0 saturated carbocycles.